The third-order valence-corrected chi connectivity index (χ3v) is 5.68. The third-order valence-electron chi connectivity index (χ3n) is 5.15. The molecule has 0 aromatic heterocycles. The van der Waals surface area contributed by atoms with Gasteiger partial charge in [0.1, 0.15) is 0 Å². The van der Waals surface area contributed by atoms with Gasteiger partial charge in [-0.15, -0.1) is 0 Å². The molecule has 1 heterocycles. The number of piperidine rings is 1. The lowest BCUT2D eigenvalue weighted by molar-refractivity contribution is -0.138. The highest BCUT2D eigenvalue weighted by atomic mass is 79.9. The van der Waals surface area contributed by atoms with Gasteiger partial charge >= 0.3 is 0 Å². The molecule has 0 spiro atoms. The van der Waals surface area contributed by atoms with Gasteiger partial charge in [-0.3, -0.25) is 9.69 Å². The molecule has 1 aliphatic rings. The second-order valence-electron chi connectivity index (χ2n) is 7.15. The van der Waals surface area contributed by atoms with Crippen LogP contribution in [-0.4, -0.2) is 47.1 Å². The van der Waals surface area contributed by atoms with Crippen LogP contribution < -0.4 is 0 Å². The number of aliphatic hydroxyl groups is 1. The van der Waals surface area contributed by atoms with Gasteiger partial charge in [-0.2, -0.15) is 0 Å². The highest BCUT2D eigenvalue weighted by Gasteiger charge is 2.28. The van der Waals surface area contributed by atoms with E-state index in [9.17, 15) is 9.90 Å². The average molecular weight is 431 g/mol. The smallest absolute Gasteiger partial charge is 0.226 e. The molecule has 4 nitrogen and oxygen atoms in total. The molecule has 27 heavy (non-hydrogen) atoms. The van der Waals surface area contributed by atoms with Crippen LogP contribution in [0.2, 0.25) is 0 Å². The van der Waals surface area contributed by atoms with E-state index in [4.69, 9.17) is 0 Å². The van der Waals surface area contributed by atoms with Gasteiger partial charge in [0.25, 0.3) is 0 Å². The van der Waals surface area contributed by atoms with Crippen LogP contribution in [0.15, 0.2) is 59.1 Å². The first-order chi connectivity index (χ1) is 13.2. The molecule has 5 heteroatoms. The molecule has 0 radical (unpaired) electrons. The Hall–Kier alpha value is -1.69. The van der Waals surface area contributed by atoms with Crippen LogP contribution in [0.3, 0.4) is 0 Å². The van der Waals surface area contributed by atoms with E-state index in [1.807, 2.05) is 35.2 Å². The van der Waals surface area contributed by atoms with Crippen LogP contribution in [0.5, 0.6) is 0 Å². The van der Waals surface area contributed by atoms with Crippen molar-refractivity contribution in [2.24, 2.45) is 5.92 Å². The van der Waals surface area contributed by atoms with Crippen LogP contribution in [0.1, 0.15) is 24.0 Å². The van der Waals surface area contributed by atoms with Crippen molar-refractivity contribution in [2.45, 2.75) is 25.9 Å². The number of halogens is 1. The van der Waals surface area contributed by atoms with E-state index >= 15 is 0 Å². The summed E-state index contributed by atoms with van der Waals surface area (Å²) in [6.45, 7) is 3.77. The number of benzene rings is 2. The SMILES string of the molecule is O=C(C1CCN(Cc2ccc(Br)cc2)CC1)N(CCO)Cc1ccccc1. The van der Waals surface area contributed by atoms with Crippen LogP contribution in [0.4, 0.5) is 0 Å². The summed E-state index contributed by atoms with van der Waals surface area (Å²) in [6.07, 6.45) is 1.76. The van der Waals surface area contributed by atoms with Crippen molar-refractivity contribution in [1.82, 2.24) is 9.80 Å². The molecule has 2 aromatic rings. The third kappa shape index (κ3) is 5.89. The Bertz CT molecular complexity index is 713. The fourth-order valence-corrected chi connectivity index (χ4v) is 3.90. The lowest BCUT2D eigenvalue weighted by atomic mass is 9.94. The molecule has 144 valence electrons. The summed E-state index contributed by atoms with van der Waals surface area (Å²) < 4.78 is 1.10. The molecule has 1 N–H and O–H groups in total. The first kappa shape index (κ1) is 20.1. The molecule has 2 aromatic carbocycles. The minimum Gasteiger partial charge on any atom is -0.395 e. The van der Waals surface area contributed by atoms with E-state index in [2.05, 4.69) is 45.1 Å². The summed E-state index contributed by atoms with van der Waals surface area (Å²) in [5.41, 5.74) is 2.40. The van der Waals surface area contributed by atoms with Crippen LogP contribution in [-0.2, 0) is 17.9 Å². The Labute approximate surface area is 169 Å². The number of amides is 1. The zero-order valence-corrected chi connectivity index (χ0v) is 17.1. The number of carbonyl (C=O) groups is 1. The van der Waals surface area contributed by atoms with Gasteiger partial charge in [0.2, 0.25) is 5.91 Å². The molecular weight excluding hydrogens is 404 g/mol. The Morgan fingerprint density at radius 2 is 1.70 bits per heavy atom. The van der Waals surface area contributed by atoms with E-state index in [1.54, 1.807) is 0 Å². The van der Waals surface area contributed by atoms with Crippen molar-refractivity contribution < 1.29 is 9.90 Å². The highest BCUT2D eigenvalue weighted by Crippen LogP contribution is 2.22. The molecular formula is C22H27BrN2O2. The van der Waals surface area contributed by atoms with Crippen molar-refractivity contribution in [3.63, 3.8) is 0 Å². The normalized spacial score (nSPS) is 15.6. The largest absolute Gasteiger partial charge is 0.395 e. The molecule has 3 rings (SSSR count). The molecule has 0 atom stereocenters. The topological polar surface area (TPSA) is 43.8 Å². The minimum absolute atomic E-state index is 0.000978. The number of aliphatic hydroxyl groups excluding tert-OH is 1. The number of hydrogen-bond acceptors (Lipinski definition) is 3. The molecule has 0 aliphatic carbocycles. The predicted molar refractivity (Wildman–Crippen MR) is 111 cm³/mol. The fraction of sp³-hybridized carbons (Fsp3) is 0.409. The number of carbonyl (C=O) groups excluding carboxylic acids is 1. The summed E-state index contributed by atoms with van der Waals surface area (Å²) in [4.78, 5) is 17.2. The van der Waals surface area contributed by atoms with E-state index in [0.29, 0.717) is 13.1 Å². The highest BCUT2D eigenvalue weighted by molar-refractivity contribution is 9.10. The Morgan fingerprint density at radius 1 is 1.04 bits per heavy atom. The maximum atomic E-state index is 13.0. The maximum absolute atomic E-state index is 13.0. The van der Waals surface area contributed by atoms with Crippen molar-refractivity contribution in [3.8, 4) is 0 Å². The zero-order valence-electron chi connectivity index (χ0n) is 15.6. The first-order valence-electron chi connectivity index (χ1n) is 9.56. The van der Waals surface area contributed by atoms with E-state index in [1.165, 1.54) is 5.56 Å². The average Bonchev–Trinajstić information content (AvgIpc) is 2.70. The lowest BCUT2D eigenvalue weighted by Gasteiger charge is -2.34. The number of hydrogen-bond donors (Lipinski definition) is 1. The molecule has 1 amide bonds. The number of rotatable bonds is 7. The number of nitrogens with zero attached hydrogens (tertiary/aromatic N) is 2. The van der Waals surface area contributed by atoms with Crippen LogP contribution in [0, 0.1) is 5.92 Å². The van der Waals surface area contributed by atoms with Crippen LogP contribution in [0.25, 0.3) is 0 Å². The van der Waals surface area contributed by atoms with E-state index in [-0.39, 0.29) is 18.4 Å². The maximum Gasteiger partial charge on any atom is 0.226 e. The minimum atomic E-state index is 0.000978. The molecule has 0 bridgehead atoms. The second-order valence-corrected chi connectivity index (χ2v) is 8.06. The summed E-state index contributed by atoms with van der Waals surface area (Å²) >= 11 is 3.47. The van der Waals surface area contributed by atoms with Gasteiger partial charge in [0, 0.05) is 30.0 Å². The second kappa shape index (κ2) is 10.0. The monoisotopic (exact) mass is 430 g/mol. The summed E-state index contributed by atoms with van der Waals surface area (Å²) in [6, 6.07) is 18.4. The van der Waals surface area contributed by atoms with Crippen molar-refractivity contribution >= 4 is 21.8 Å². The standard InChI is InChI=1S/C22H27BrN2O2/c23-21-8-6-19(7-9-21)16-24-12-10-20(11-13-24)22(27)25(14-15-26)17-18-4-2-1-3-5-18/h1-9,20,26H,10-17H2. The van der Waals surface area contributed by atoms with E-state index in [0.717, 1.165) is 42.5 Å². The van der Waals surface area contributed by atoms with Gasteiger partial charge in [0.15, 0.2) is 0 Å². The van der Waals surface area contributed by atoms with Crippen LogP contribution >= 0.6 is 15.9 Å². The van der Waals surface area contributed by atoms with Gasteiger partial charge < -0.3 is 10.0 Å². The predicted octanol–water partition coefficient (Wildman–Crippen LogP) is 3.68. The fourth-order valence-electron chi connectivity index (χ4n) is 3.64. The van der Waals surface area contributed by atoms with Gasteiger partial charge in [-0.05, 0) is 49.2 Å². The molecule has 1 aliphatic heterocycles. The molecule has 1 saturated heterocycles. The van der Waals surface area contributed by atoms with E-state index < -0.39 is 0 Å². The summed E-state index contributed by atoms with van der Waals surface area (Å²) in [5.74, 6) is 0.234. The number of likely N-dealkylation sites (tertiary alicyclic amines) is 1. The Balaban J connectivity index is 1.53. The molecule has 1 fully saturated rings. The zero-order chi connectivity index (χ0) is 19.1. The molecule has 0 saturated carbocycles. The Morgan fingerprint density at radius 3 is 2.33 bits per heavy atom. The molecule has 0 unspecified atom stereocenters. The quantitative estimate of drug-likeness (QED) is 0.728. The Kier molecular flexibility index (Phi) is 7.44. The van der Waals surface area contributed by atoms with Gasteiger partial charge in [-0.25, -0.2) is 0 Å². The van der Waals surface area contributed by atoms with Crippen molar-refractivity contribution in [3.05, 3.63) is 70.2 Å². The summed E-state index contributed by atoms with van der Waals surface area (Å²) in [5, 5.41) is 9.38. The van der Waals surface area contributed by atoms with Gasteiger partial charge in [-0.1, -0.05) is 58.4 Å². The first-order valence-corrected chi connectivity index (χ1v) is 10.4. The van der Waals surface area contributed by atoms with Gasteiger partial charge in [0.05, 0.1) is 6.61 Å². The van der Waals surface area contributed by atoms with Crippen molar-refractivity contribution in [1.29, 1.82) is 0 Å². The summed E-state index contributed by atoms with van der Waals surface area (Å²) in [7, 11) is 0. The lowest BCUT2D eigenvalue weighted by Crippen LogP contribution is -2.43. The van der Waals surface area contributed by atoms with Crippen molar-refractivity contribution in [2.75, 3.05) is 26.2 Å².